The third-order valence-corrected chi connectivity index (χ3v) is 5.37. The fourth-order valence-corrected chi connectivity index (χ4v) is 4.36. The highest BCUT2D eigenvalue weighted by Crippen LogP contribution is 2.16. The molecule has 6 nitrogen and oxygen atoms in total. The van der Waals surface area contributed by atoms with Gasteiger partial charge < -0.3 is 9.64 Å². The molecule has 2 heterocycles. The Morgan fingerprint density at radius 1 is 1.11 bits per heavy atom. The van der Waals surface area contributed by atoms with Crippen molar-refractivity contribution >= 4 is 10.2 Å². The molecule has 19 heavy (non-hydrogen) atoms. The highest BCUT2D eigenvalue weighted by atomic mass is 32.2. The molecule has 0 aromatic heterocycles. The summed E-state index contributed by atoms with van der Waals surface area (Å²) < 4.78 is 34.7. The van der Waals surface area contributed by atoms with Gasteiger partial charge in [0.25, 0.3) is 10.2 Å². The number of rotatable bonds is 3. The summed E-state index contributed by atoms with van der Waals surface area (Å²) in [4.78, 5) is 2.23. The van der Waals surface area contributed by atoms with Gasteiger partial charge in [-0.1, -0.05) is 0 Å². The SMILES string of the molecule is CC1CN(S(=O)(=O)NC2CCN(C)CC2)CC(C)O1. The first-order valence-corrected chi connectivity index (χ1v) is 8.42. The zero-order valence-electron chi connectivity index (χ0n) is 12.0. The van der Waals surface area contributed by atoms with E-state index in [9.17, 15) is 8.42 Å². The van der Waals surface area contributed by atoms with E-state index in [4.69, 9.17) is 4.74 Å². The predicted molar refractivity (Wildman–Crippen MR) is 74.2 cm³/mol. The van der Waals surface area contributed by atoms with Crippen molar-refractivity contribution in [1.29, 1.82) is 0 Å². The summed E-state index contributed by atoms with van der Waals surface area (Å²) >= 11 is 0. The maximum atomic E-state index is 12.4. The molecular formula is C12H25N3O3S. The van der Waals surface area contributed by atoms with E-state index < -0.39 is 10.2 Å². The Labute approximate surface area is 116 Å². The lowest BCUT2D eigenvalue weighted by Crippen LogP contribution is -2.54. The molecule has 112 valence electrons. The summed E-state index contributed by atoms with van der Waals surface area (Å²) in [5.41, 5.74) is 0. The van der Waals surface area contributed by atoms with Crippen molar-refractivity contribution in [2.45, 2.75) is 44.9 Å². The topological polar surface area (TPSA) is 61.9 Å². The highest BCUT2D eigenvalue weighted by Gasteiger charge is 2.32. The fraction of sp³-hybridized carbons (Fsp3) is 1.00. The second-order valence-corrected chi connectivity index (χ2v) is 7.48. The molecule has 2 aliphatic heterocycles. The molecule has 2 saturated heterocycles. The molecule has 2 rings (SSSR count). The van der Waals surface area contributed by atoms with Crippen molar-refractivity contribution in [3.05, 3.63) is 0 Å². The van der Waals surface area contributed by atoms with E-state index in [0.29, 0.717) is 13.1 Å². The number of nitrogens with one attached hydrogen (secondary N) is 1. The largest absolute Gasteiger partial charge is 0.373 e. The molecule has 0 aliphatic carbocycles. The molecule has 2 atom stereocenters. The van der Waals surface area contributed by atoms with Gasteiger partial charge in [0.2, 0.25) is 0 Å². The van der Waals surface area contributed by atoms with Crippen LogP contribution in [0.2, 0.25) is 0 Å². The average molecular weight is 291 g/mol. The van der Waals surface area contributed by atoms with Gasteiger partial charge >= 0.3 is 0 Å². The number of piperidine rings is 1. The molecule has 0 aromatic rings. The molecule has 2 aliphatic rings. The van der Waals surface area contributed by atoms with Gasteiger partial charge in [-0.15, -0.1) is 0 Å². The summed E-state index contributed by atoms with van der Waals surface area (Å²) in [7, 11) is -1.32. The first-order chi connectivity index (χ1) is 8.87. The molecule has 7 heteroatoms. The second-order valence-electron chi connectivity index (χ2n) is 5.77. The van der Waals surface area contributed by atoms with Gasteiger partial charge in [-0.2, -0.15) is 17.4 Å². The van der Waals surface area contributed by atoms with Crippen LogP contribution < -0.4 is 4.72 Å². The number of hydrogen-bond donors (Lipinski definition) is 1. The maximum Gasteiger partial charge on any atom is 0.279 e. The van der Waals surface area contributed by atoms with Gasteiger partial charge in [0, 0.05) is 19.1 Å². The zero-order valence-corrected chi connectivity index (χ0v) is 12.8. The van der Waals surface area contributed by atoms with Crippen LogP contribution in [0.4, 0.5) is 0 Å². The van der Waals surface area contributed by atoms with Crippen LogP contribution in [0, 0.1) is 0 Å². The summed E-state index contributed by atoms with van der Waals surface area (Å²) in [6.07, 6.45) is 1.67. The van der Waals surface area contributed by atoms with E-state index in [-0.39, 0.29) is 18.2 Å². The van der Waals surface area contributed by atoms with Crippen LogP contribution in [-0.2, 0) is 14.9 Å². The number of hydrogen-bond acceptors (Lipinski definition) is 4. The minimum atomic E-state index is -3.38. The summed E-state index contributed by atoms with van der Waals surface area (Å²) in [6.45, 7) is 6.59. The van der Waals surface area contributed by atoms with Crippen LogP contribution in [0.3, 0.4) is 0 Å². The number of nitrogens with zero attached hydrogens (tertiary/aromatic N) is 2. The van der Waals surface area contributed by atoms with Gasteiger partial charge in [-0.05, 0) is 46.8 Å². The van der Waals surface area contributed by atoms with Crippen molar-refractivity contribution < 1.29 is 13.2 Å². The van der Waals surface area contributed by atoms with Crippen molar-refractivity contribution in [3.8, 4) is 0 Å². The molecule has 0 bridgehead atoms. The van der Waals surface area contributed by atoms with Gasteiger partial charge in [0.15, 0.2) is 0 Å². The maximum absolute atomic E-state index is 12.4. The zero-order chi connectivity index (χ0) is 14.0. The molecule has 0 aromatic carbocycles. The number of likely N-dealkylation sites (tertiary alicyclic amines) is 1. The first-order valence-electron chi connectivity index (χ1n) is 6.98. The van der Waals surface area contributed by atoms with E-state index in [1.807, 2.05) is 13.8 Å². The Balaban J connectivity index is 1.94. The van der Waals surface area contributed by atoms with Gasteiger partial charge in [-0.3, -0.25) is 0 Å². The number of ether oxygens (including phenoxy) is 1. The Kier molecular flexibility index (Phi) is 4.84. The third-order valence-electron chi connectivity index (χ3n) is 3.76. The summed E-state index contributed by atoms with van der Waals surface area (Å²) in [5, 5.41) is 0. The first kappa shape index (κ1) is 15.2. The van der Waals surface area contributed by atoms with E-state index >= 15 is 0 Å². The van der Waals surface area contributed by atoms with E-state index in [2.05, 4.69) is 16.7 Å². The van der Waals surface area contributed by atoms with Crippen LogP contribution >= 0.6 is 0 Å². The van der Waals surface area contributed by atoms with Crippen LogP contribution in [-0.4, -0.2) is 69.1 Å². The van der Waals surface area contributed by atoms with E-state index in [1.54, 1.807) is 0 Å². The third kappa shape index (κ3) is 4.13. The Morgan fingerprint density at radius 2 is 1.63 bits per heavy atom. The predicted octanol–water partition coefficient (Wildman–Crippen LogP) is 0.0242. The van der Waals surface area contributed by atoms with Crippen LogP contribution in [0.15, 0.2) is 0 Å². The van der Waals surface area contributed by atoms with Crippen molar-refractivity contribution in [2.24, 2.45) is 0 Å². The minimum Gasteiger partial charge on any atom is -0.373 e. The quantitative estimate of drug-likeness (QED) is 0.796. The minimum absolute atomic E-state index is 0.0437. The van der Waals surface area contributed by atoms with Gasteiger partial charge in [0.1, 0.15) is 0 Å². The van der Waals surface area contributed by atoms with Crippen molar-refractivity contribution in [2.75, 3.05) is 33.2 Å². The molecule has 2 fully saturated rings. The normalized spacial score (nSPS) is 32.6. The van der Waals surface area contributed by atoms with Gasteiger partial charge in [-0.25, -0.2) is 0 Å². The molecule has 0 radical (unpaired) electrons. The van der Waals surface area contributed by atoms with Crippen molar-refractivity contribution in [1.82, 2.24) is 13.9 Å². The molecule has 0 saturated carbocycles. The lowest BCUT2D eigenvalue weighted by molar-refractivity contribution is -0.0445. The standard InChI is InChI=1S/C12H25N3O3S/c1-10-8-15(9-11(2)18-10)19(16,17)13-12-4-6-14(3)7-5-12/h10-13H,4-9H2,1-3H3. The Morgan fingerprint density at radius 3 is 2.16 bits per heavy atom. The lowest BCUT2D eigenvalue weighted by atomic mass is 10.1. The molecular weight excluding hydrogens is 266 g/mol. The Hall–Kier alpha value is -0.210. The second kappa shape index (κ2) is 6.05. The van der Waals surface area contributed by atoms with Gasteiger partial charge in [0.05, 0.1) is 12.2 Å². The molecule has 0 amide bonds. The number of morpholine rings is 1. The van der Waals surface area contributed by atoms with Crippen LogP contribution in [0.5, 0.6) is 0 Å². The fourth-order valence-electron chi connectivity index (χ4n) is 2.74. The average Bonchev–Trinajstić information content (AvgIpc) is 2.31. The monoisotopic (exact) mass is 291 g/mol. The summed E-state index contributed by atoms with van der Waals surface area (Å²) in [5.74, 6) is 0. The Bertz CT molecular complexity index is 383. The lowest BCUT2D eigenvalue weighted by Gasteiger charge is -2.36. The molecule has 0 spiro atoms. The van der Waals surface area contributed by atoms with E-state index in [0.717, 1.165) is 25.9 Å². The van der Waals surface area contributed by atoms with Crippen LogP contribution in [0.25, 0.3) is 0 Å². The molecule has 2 unspecified atom stereocenters. The summed E-state index contributed by atoms with van der Waals surface area (Å²) in [6, 6.07) is 0.0645. The van der Waals surface area contributed by atoms with Crippen LogP contribution in [0.1, 0.15) is 26.7 Å². The van der Waals surface area contributed by atoms with E-state index in [1.165, 1.54) is 4.31 Å². The smallest absolute Gasteiger partial charge is 0.279 e. The highest BCUT2D eigenvalue weighted by molar-refractivity contribution is 7.87. The molecule has 1 N–H and O–H groups in total. The van der Waals surface area contributed by atoms with Crippen molar-refractivity contribution in [3.63, 3.8) is 0 Å².